The minimum Gasteiger partial charge on any atom is -0.423 e. The van der Waals surface area contributed by atoms with Gasteiger partial charge in [-0.2, -0.15) is 5.26 Å². The van der Waals surface area contributed by atoms with E-state index in [1.807, 2.05) is 36.4 Å². The number of nitrogens with zero attached hydrogens (tertiary/aromatic N) is 2. The summed E-state index contributed by atoms with van der Waals surface area (Å²) in [6, 6.07) is 17.5. The third-order valence-electron chi connectivity index (χ3n) is 3.29. The molecule has 0 saturated heterocycles. The van der Waals surface area contributed by atoms with Gasteiger partial charge < -0.3 is 14.5 Å². The molecule has 1 N–H and O–H groups in total. The molecule has 0 bridgehead atoms. The highest BCUT2D eigenvalue weighted by molar-refractivity contribution is 5.60. The minimum atomic E-state index is 0.404. The Hall–Kier alpha value is -3.10. The Balaban J connectivity index is 1.77. The highest BCUT2D eigenvalue weighted by atomic mass is 16.5. The second-order valence-electron chi connectivity index (χ2n) is 4.98. The Morgan fingerprint density at radius 2 is 2.04 bits per heavy atom. The number of ether oxygens (including phenoxy) is 1. The smallest absolute Gasteiger partial charge is 0.299 e. The lowest BCUT2D eigenvalue weighted by molar-refractivity contribution is 0.185. The largest absolute Gasteiger partial charge is 0.423 e. The number of benzene rings is 2. The molecule has 3 rings (SSSR count). The Morgan fingerprint density at radius 1 is 1.22 bits per heavy atom. The number of nitrogens with one attached hydrogen (secondary N) is 1. The van der Waals surface area contributed by atoms with Crippen molar-refractivity contribution < 1.29 is 9.15 Å². The molecule has 0 spiro atoms. The van der Waals surface area contributed by atoms with Gasteiger partial charge >= 0.3 is 0 Å². The minimum absolute atomic E-state index is 0.404. The highest BCUT2D eigenvalue weighted by Gasteiger charge is 2.07. The molecule has 0 atom stereocenters. The highest BCUT2D eigenvalue weighted by Crippen LogP contribution is 2.25. The fraction of sp³-hybridized carbons (Fsp3) is 0.111. The molecule has 3 aromatic rings. The number of oxazole rings is 1. The molecule has 0 unspecified atom stereocenters. The van der Waals surface area contributed by atoms with Gasteiger partial charge in [0.15, 0.2) is 5.76 Å². The van der Waals surface area contributed by atoms with Crippen molar-refractivity contribution in [1.82, 2.24) is 4.98 Å². The van der Waals surface area contributed by atoms with Gasteiger partial charge in [-0.3, -0.25) is 0 Å². The first-order valence-corrected chi connectivity index (χ1v) is 7.10. The monoisotopic (exact) mass is 305 g/mol. The first kappa shape index (κ1) is 14.8. The molecule has 0 radical (unpaired) electrons. The summed E-state index contributed by atoms with van der Waals surface area (Å²) < 4.78 is 10.9. The fourth-order valence-corrected chi connectivity index (χ4v) is 2.20. The fourth-order valence-electron chi connectivity index (χ4n) is 2.20. The van der Waals surface area contributed by atoms with E-state index in [-0.39, 0.29) is 0 Å². The van der Waals surface area contributed by atoms with Gasteiger partial charge in [0.25, 0.3) is 6.01 Å². The van der Waals surface area contributed by atoms with Crippen LogP contribution in [0.4, 0.5) is 11.7 Å². The first-order valence-electron chi connectivity index (χ1n) is 7.10. The van der Waals surface area contributed by atoms with Crippen LogP contribution in [0.2, 0.25) is 0 Å². The molecule has 0 saturated carbocycles. The van der Waals surface area contributed by atoms with Gasteiger partial charge in [0.05, 0.1) is 24.4 Å². The Bertz CT molecular complexity index is 832. The Kier molecular flexibility index (Phi) is 4.37. The standard InChI is InChI=1S/C18H15N3O2/c1-22-12-14-3-2-4-15(9-14)17-11-20-18(23-17)21-16-7-5-13(10-19)6-8-16/h2-9,11H,12H2,1H3,(H,20,21). The van der Waals surface area contributed by atoms with E-state index in [0.717, 1.165) is 16.8 Å². The second kappa shape index (κ2) is 6.77. The molecule has 1 aromatic heterocycles. The van der Waals surface area contributed by atoms with Crippen LogP contribution >= 0.6 is 0 Å². The van der Waals surface area contributed by atoms with E-state index in [4.69, 9.17) is 14.4 Å². The summed E-state index contributed by atoms with van der Waals surface area (Å²) in [6.45, 7) is 0.554. The SMILES string of the molecule is COCc1cccc(-c2cnc(Nc3ccc(C#N)cc3)o2)c1. The number of rotatable bonds is 5. The zero-order valence-electron chi connectivity index (χ0n) is 12.6. The van der Waals surface area contributed by atoms with Gasteiger partial charge in [0.2, 0.25) is 0 Å². The van der Waals surface area contributed by atoms with Crippen molar-refractivity contribution in [2.24, 2.45) is 0 Å². The molecule has 1 heterocycles. The zero-order chi connectivity index (χ0) is 16.1. The van der Waals surface area contributed by atoms with Crippen molar-refractivity contribution in [3.63, 3.8) is 0 Å². The maximum absolute atomic E-state index is 8.80. The van der Waals surface area contributed by atoms with Crippen LogP contribution in [0.25, 0.3) is 11.3 Å². The van der Waals surface area contributed by atoms with E-state index in [0.29, 0.717) is 23.9 Å². The predicted molar refractivity (Wildman–Crippen MR) is 87.1 cm³/mol. The summed E-state index contributed by atoms with van der Waals surface area (Å²) in [7, 11) is 1.67. The van der Waals surface area contributed by atoms with Crippen molar-refractivity contribution in [3.8, 4) is 17.4 Å². The molecule has 5 heteroatoms. The average Bonchev–Trinajstić information content (AvgIpc) is 3.05. The molecule has 0 amide bonds. The van der Waals surface area contributed by atoms with Gasteiger partial charge in [-0.1, -0.05) is 18.2 Å². The second-order valence-corrected chi connectivity index (χ2v) is 4.98. The van der Waals surface area contributed by atoms with Crippen LogP contribution in [0.1, 0.15) is 11.1 Å². The molecule has 114 valence electrons. The van der Waals surface area contributed by atoms with E-state index in [2.05, 4.69) is 16.4 Å². The molecule has 0 aliphatic carbocycles. The first-order chi connectivity index (χ1) is 11.3. The predicted octanol–water partition coefficient (Wildman–Crippen LogP) is 4.10. The normalized spacial score (nSPS) is 10.3. The van der Waals surface area contributed by atoms with Gasteiger partial charge in [-0.25, -0.2) is 4.98 Å². The van der Waals surface area contributed by atoms with E-state index in [1.165, 1.54) is 0 Å². The third-order valence-corrected chi connectivity index (χ3v) is 3.29. The maximum atomic E-state index is 8.80. The zero-order valence-corrected chi connectivity index (χ0v) is 12.6. The number of nitriles is 1. The molecular weight excluding hydrogens is 290 g/mol. The molecule has 0 fully saturated rings. The van der Waals surface area contributed by atoms with E-state index in [9.17, 15) is 0 Å². The average molecular weight is 305 g/mol. The van der Waals surface area contributed by atoms with Crippen molar-refractivity contribution in [2.45, 2.75) is 6.61 Å². The van der Waals surface area contributed by atoms with E-state index < -0.39 is 0 Å². The summed E-state index contributed by atoms with van der Waals surface area (Å²) in [5, 5.41) is 11.9. The van der Waals surface area contributed by atoms with Crippen LogP contribution in [0.3, 0.4) is 0 Å². The lowest BCUT2D eigenvalue weighted by Crippen LogP contribution is -1.89. The van der Waals surface area contributed by atoms with Crippen LogP contribution < -0.4 is 5.32 Å². The van der Waals surface area contributed by atoms with E-state index in [1.54, 1.807) is 25.4 Å². The Morgan fingerprint density at radius 3 is 2.78 bits per heavy atom. The summed E-state index contributed by atoms with van der Waals surface area (Å²) in [4.78, 5) is 4.23. The van der Waals surface area contributed by atoms with Crippen molar-refractivity contribution in [2.75, 3.05) is 12.4 Å². The number of aromatic nitrogens is 1. The van der Waals surface area contributed by atoms with Gasteiger partial charge in [0, 0.05) is 18.4 Å². The van der Waals surface area contributed by atoms with Crippen LogP contribution in [-0.2, 0) is 11.3 Å². The van der Waals surface area contributed by atoms with Crippen LogP contribution in [0.5, 0.6) is 0 Å². The number of hydrogen-bond acceptors (Lipinski definition) is 5. The summed E-state index contributed by atoms with van der Waals surface area (Å²) in [5.74, 6) is 0.680. The van der Waals surface area contributed by atoms with Gasteiger partial charge in [0.1, 0.15) is 0 Å². The van der Waals surface area contributed by atoms with Gasteiger partial charge in [-0.15, -0.1) is 0 Å². The van der Waals surface area contributed by atoms with E-state index >= 15 is 0 Å². The lowest BCUT2D eigenvalue weighted by Gasteiger charge is -2.03. The molecule has 0 aliphatic heterocycles. The molecule has 0 aliphatic rings. The van der Waals surface area contributed by atoms with Crippen LogP contribution in [0, 0.1) is 11.3 Å². The van der Waals surface area contributed by atoms with Crippen molar-refractivity contribution in [3.05, 3.63) is 65.9 Å². The molecule has 23 heavy (non-hydrogen) atoms. The molecule has 2 aromatic carbocycles. The third kappa shape index (κ3) is 3.57. The quantitative estimate of drug-likeness (QED) is 0.768. The van der Waals surface area contributed by atoms with Crippen molar-refractivity contribution in [1.29, 1.82) is 5.26 Å². The van der Waals surface area contributed by atoms with Gasteiger partial charge in [-0.05, 0) is 35.9 Å². The topological polar surface area (TPSA) is 71.1 Å². The molecule has 5 nitrogen and oxygen atoms in total. The summed E-state index contributed by atoms with van der Waals surface area (Å²) >= 11 is 0. The lowest BCUT2D eigenvalue weighted by atomic mass is 10.1. The van der Waals surface area contributed by atoms with Crippen molar-refractivity contribution >= 4 is 11.7 Å². The summed E-state index contributed by atoms with van der Waals surface area (Å²) in [6.07, 6.45) is 1.68. The molecular formula is C18H15N3O2. The Labute approximate surface area is 134 Å². The van der Waals surface area contributed by atoms with Crippen LogP contribution in [-0.4, -0.2) is 12.1 Å². The summed E-state index contributed by atoms with van der Waals surface area (Å²) in [5.41, 5.74) is 3.44. The number of methoxy groups -OCH3 is 1. The maximum Gasteiger partial charge on any atom is 0.299 e. The number of anilines is 2. The van der Waals surface area contributed by atoms with Crippen LogP contribution in [0.15, 0.2) is 59.1 Å². The number of hydrogen-bond donors (Lipinski definition) is 1.